The molecule has 0 saturated carbocycles. The molecule has 0 unspecified atom stereocenters. The lowest BCUT2D eigenvalue weighted by molar-refractivity contribution is -0.129. The van der Waals surface area contributed by atoms with Crippen LogP contribution in [-0.2, 0) is 9.53 Å². The molecular weight excluding hydrogens is 402 g/mol. The molecule has 7 heteroatoms. The fourth-order valence-corrected chi connectivity index (χ4v) is 3.65. The van der Waals surface area contributed by atoms with Crippen LogP contribution in [0, 0.1) is 0 Å². The molecule has 0 aromatic heterocycles. The molecule has 0 bridgehead atoms. The summed E-state index contributed by atoms with van der Waals surface area (Å²) in [5.41, 5.74) is -0.650. The van der Waals surface area contributed by atoms with Gasteiger partial charge in [-0.05, 0) is 44.9 Å². The maximum absolute atomic E-state index is 15.0. The van der Waals surface area contributed by atoms with Crippen molar-refractivity contribution in [3.05, 3.63) is 45.7 Å². The van der Waals surface area contributed by atoms with Gasteiger partial charge in [0.1, 0.15) is 18.0 Å². The van der Waals surface area contributed by atoms with Crippen molar-refractivity contribution in [2.24, 2.45) is 0 Å². The zero-order chi connectivity index (χ0) is 20.6. The van der Waals surface area contributed by atoms with Gasteiger partial charge >= 0.3 is 0 Å². The summed E-state index contributed by atoms with van der Waals surface area (Å²) in [4.78, 5) is 14.3. The maximum Gasteiger partial charge on any atom is 0.249 e. The van der Waals surface area contributed by atoms with Gasteiger partial charge in [-0.2, -0.15) is 0 Å². The van der Waals surface area contributed by atoms with Crippen LogP contribution in [0.5, 0.6) is 0 Å². The Morgan fingerprint density at radius 3 is 2.64 bits per heavy atom. The number of nitrogens with zero attached hydrogens (tertiary/aromatic N) is 1. The molecule has 4 nitrogen and oxygen atoms in total. The van der Waals surface area contributed by atoms with Crippen molar-refractivity contribution in [3.63, 3.8) is 0 Å². The van der Waals surface area contributed by atoms with E-state index in [-0.39, 0.29) is 12.5 Å². The van der Waals surface area contributed by atoms with Crippen LogP contribution in [0.4, 0.5) is 4.39 Å². The second-order valence-corrected chi connectivity index (χ2v) is 7.95. The summed E-state index contributed by atoms with van der Waals surface area (Å²) in [5, 5.41) is 4.14. The van der Waals surface area contributed by atoms with Gasteiger partial charge < -0.3 is 15.0 Å². The lowest BCUT2D eigenvalue weighted by Crippen LogP contribution is -2.49. The van der Waals surface area contributed by atoms with Crippen molar-refractivity contribution in [1.82, 2.24) is 10.2 Å². The number of likely N-dealkylation sites (tertiary alicyclic amines) is 1. The second-order valence-electron chi connectivity index (χ2n) is 7.08. The van der Waals surface area contributed by atoms with Gasteiger partial charge in [-0.1, -0.05) is 29.3 Å². The minimum atomic E-state index is -1.30. The Bertz CT molecular complexity index is 678. The number of hydrogen-bond donors (Lipinski definition) is 1. The first-order valence-corrected chi connectivity index (χ1v) is 10.5. The predicted molar refractivity (Wildman–Crippen MR) is 113 cm³/mol. The van der Waals surface area contributed by atoms with Crippen LogP contribution >= 0.6 is 23.2 Å². The summed E-state index contributed by atoms with van der Waals surface area (Å²) >= 11 is 12.0. The topological polar surface area (TPSA) is 41.6 Å². The average Bonchev–Trinajstić information content (AvgIpc) is 2.69. The van der Waals surface area contributed by atoms with Crippen LogP contribution in [0.3, 0.4) is 0 Å². The van der Waals surface area contributed by atoms with Gasteiger partial charge in [-0.15, -0.1) is 0 Å². The molecule has 28 heavy (non-hydrogen) atoms. The second kappa shape index (κ2) is 11.0. The standard InChI is InChI=1S/C21H29Cl2FN2O2/c1-3-5-17(4-2)28-13-10-25-15-21(24)8-11-26(12-9-21)20(27)16-6-7-18(22)19(23)14-16/h3-5,14,25H,6-13,15H2,1-2H3/b5-3-,17-4+. The first kappa shape index (κ1) is 23.0. The minimum absolute atomic E-state index is 0.0615. The molecule has 0 aromatic carbocycles. The third-order valence-electron chi connectivity index (χ3n) is 5.00. The molecule has 1 saturated heterocycles. The smallest absolute Gasteiger partial charge is 0.249 e. The Morgan fingerprint density at radius 1 is 1.32 bits per heavy atom. The summed E-state index contributed by atoms with van der Waals surface area (Å²) in [6, 6.07) is 0. The monoisotopic (exact) mass is 430 g/mol. The van der Waals surface area contributed by atoms with Crippen LogP contribution in [0.1, 0.15) is 39.5 Å². The first-order chi connectivity index (χ1) is 13.4. The first-order valence-electron chi connectivity index (χ1n) is 9.74. The van der Waals surface area contributed by atoms with Gasteiger partial charge in [0.2, 0.25) is 5.91 Å². The Hall–Kier alpha value is -1.30. The van der Waals surface area contributed by atoms with Gasteiger partial charge in [0, 0.05) is 49.6 Å². The third kappa shape index (κ3) is 6.64. The van der Waals surface area contributed by atoms with Gasteiger partial charge in [-0.25, -0.2) is 4.39 Å². The number of halogens is 3. The largest absolute Gasteiger partial charge is 0.493 e. The Balaban J connectivity index is 1.73. The Morgan fingerprint density at radius 2 is 2.04 bits per heavy atom. The maximum atomic E-state index is 15.0. The number of piperidine rings is 1. The quantitative estimate of drug-likeness (QED) is 0.341. The molecule has 1 fully saturated rings. The van der Waals surface area contributed by atoms with Crippen molar-refractivity contribution in [1.29, 1.82) is 0 Å². The third-order valence-corrected chi connectivity index (χ3v) is 5.83. The number of alkyl halides is 1. The van der Waals surface area contributed by atoms with Crippen LogP contribution in [0.25, 0.3) is 0 Å². The van der Waals surface area contributed by atoms with Crippen LogP contribution in [0.15, 0.2) is 45.7 Å². The van der Waals surface area contributed by atoms with Crippen LogP contribution in [-0.4, -0.2) is 49.3 Å². The van der Waals surface area contributed by atoms with Crippen LogP contribution in [0.2, 0.25) is 0 Å². The molecule has 0 spiro atoms. The van der Waals surface area contributed by atoms with E-state index in [1.807, 2.05) is 32.1 Å². The van der Waals surface area contributed by atoms with E-state index in [1.54, 1.807) is 11.0 Å². The molecule has 1 N–H and O–H groups in total. The number of allylic oxidation sites excluding steroid dienone is 6. The normalized spacial score (nSPS) is 20.5. The highest BCUT2D eigenvalue weighted by Crippen LogP contribution is 2.32. The van der Waals surface area contributed by atoms with Crippen molar-refractivity contribution in [2.75, 3.05) is 32.8 Å². The minimum Gasteiger partial charge on any atom is -0.493 e. The van der Waals surface area contributed by atoms with E-state index < -0.39 is 5.67 Å². The fraction of sp³-hybridized carbons (Fsp3) is 0.571. The average molecular weight is 431 g/mol. The molecule has 1 aliphatic carbocycles. The summed E-state index contributed by atoms with van der Waals surface area (Å²) < 4.78 is 20.6. The molecule has 156 valence electrons. The number of hydrogen-bond acceptors (Lipinski definition) is 3. The Labute approximate surface area is 177 Å². The zero-order valence-electron chi connectivity index (χ0n) is 16.6. The highest BCUT2D eigenvalue weighted by atomic mass is 35.5. The van der Waals surface area contributed by atoms with Gasteiger partial charge in [0.25, 0.3) is 0 Å². The predicted octanol–water partition coefficient (Wildman–Crippen LogP) is 4.81. The van der Waals surface area contributed by atoms with E-state index in [1.165, 1.54) is 0 Å². The summed E-state index contributed by atoms with van der Waals surface area (Å²) in [6.45, 7) is 5.97. The van der Waals surface area contributed by atoms with E-state index in [0.717, 1.165) is 5.76 Å². The van der Waals surface area contributed by atoms with Crippen LogP contribution < -0.4 is 5.32 Å². The number of nitrogens with one attached hydrogen (secondary N) is 1. The van der Waals surface area contributed by atoms with E-state index in [2.05, 4.69) is 5.32 Å². The van der Waals surface area contributed by atoms with E-state index in [0.29, 0.717) is 67.6 Å². The zero-order valence-corrected chi connectivity index (χ0v) is 18.1. The number of ether oxygens (including phenoxy) is 1. The molecular formula is C21H29Cl2FN2O2. The van der Waals surface area contributed by atoms with Gasteiger partial charge in [0.05, 0.1) is 5.03 Å². The summed E-state index contributed by atoms with van der Waals surface area (Å²) in [7, 11) is 0. The molecule has 0 radical (unpaired) electrons. The lowest BCUT2D eigenvalue weighted by Gasteiger charge is -2.37. The van der Waals surface area contributed by atoms with Crippen molar-refractivity contribution < 1.29 is 13.9 Å². The molecule has 0 atom stereocenters. The highest BCUT2D eigenvalue weighted by Gasteiger charge is 2.36. The van der Waals surface area contributed by atoms with E-state index >= 15 is 4.39 Å². The Kier molecular flexibility index (Phi) is 9.06. The highest BCUT2D eigenvalue weighted by molar-refractivity contribution is 6.40. The lowest BCUT2D eigenvalue weighted by atomic mass is 9.92. The summed E-state index contributed by atoms with van der Waals surface area (Å²) in [5.74, 6) is 0.743. The molecule has 0 aromatic rings. The molecule has 2 aliphatic rings. The van der Waals surface area contributed by atoms with Crippen molar-refractivity contribution in [3.8, 4) is 0 Å². The SMILES string of the molecule is C/C=C\C(=C/C)OCCNCC1(F)CCN(C(=O)C2=CC(Cl)=C(Cl)CC2)CC1. The summed E-state index contributed by atoms with van der Waals surface area (Å²) in [6.07, 6.45) is 9.13. The van der Waals surface area contributed by atoms with Crippen molar-refractivity contribution >= 4 is 29.1 Å². The molecule has 1 heterocycles. The molecule has 1 aliphatic heterocycles. The number of carbonyl (C=O) groups excluding carboxylic acids is 1. The van der Waals surface area contributed by atoms with E-state index in [9.17, 15) is 4.79 Å². The van der Waals surface area contributed by atoms with Gasteiger partial charge in [-0.3, -0.25) is 4.79 Å². The number of rotatable bonds is 8. The van der Waals surface area contributed by atoms with Crippen molar-refractivity contribution in [2.45, 2.75) is 45.2 Å². The van der Waals surface area contributed by atoms with E-state index in [4.69, 9.17) is 27.9 Å². The molecule has 1 amide bonds. The number of amides is 1. The number of carbonyl (C=O) groups is 1. The fourth-order valence-electron chi connectivity index (χ4n) is 3.27. The molecule has 2 rings (SSSR count). The van der Waals surface area contributed by atoms with Gasteiger partial charge in [0.15, 0.2) is 0 Å².